The van der Waals surface area contributed by atoms with Crippen LogP contribution >= 0.6 is 11.3 Å². The molecule has 0 bridgehead atoms. The summed E-state index contributed by atoms with van der Waals surface area (Å²) in [4.78, 5) is 43.4. The Kier molecular flexibility index (Phi) is 6.54. The van der Waals surface area contributed by atoms with Gasteiger partial charge >= 0.3 is 20.0 Å². The summed E-state index contributed by atoms with van der Waals surface area (Å²) in [5.74, 6) is -0.633. The third kappa shape index (κ3) is 4.25. The zero-order valence-corrected chi connectivity index (χ0v) is 23.4. The van der Waals surface area contributed by atoms with Gasteiger partial charge in [0.05, 0.1) is 5.39 Å². The van der Waals surface area contributed by atoms with Crippen molar-refractivity contribution in [3.05, 3.63) is 106 Å². The van der Waals surface area contributed by atoms with E-state index in [4.69, 9.17) is 4.43 Å². The van der Waals surface area contributed by atoms with Gasteiger partial charge in [-0.15, -0.1) is 0 Å². The lowest BCUT2D eigenvalue weighted by Crippen LogP contribution is -2.67. The molecule has 5 aromatic rings. The van der Waals surface area contributed by atoms with E-state index in [1.165, 1.54) is 11.3 Å². The van der Waals surface area contributed by atoms with Crippen molar-refractivity contribution in [2.45, 2.75) is 39.3 Å². The smallest absolute Gasteiger partial charge is 0.329 e. The third-order valence-electron chi connectivity index (χ3n) is 6.73. The maximum Gasteiger partial charge on any atom is 0.329 e. The molecule has 38 heavy (non-hydrogen) atoms. The van der Waals surface area contributed by atoms with Gasteiger partial charge in [0.1, 0.15) is 16.4 Å². The molecule has 3 heterocycles. The van der Waals surface area contributed by atoms with Gasteiger partial charge in [0.25, 0.3) is 5.56 Å². The van der Waals surface area contributed by atoms with Crippen LogP contribution in [0.2, 0.25) is 5.04 Å². The fourth-order valence-electron chi connectivity index (χ4n) is 4.97. The van der Waals surface area contributed by atoms with Gasteiger partial charge in [-0.25, -0.2) is 14.0 Å². The Balaban J connectivity index is 1.59. The van der Waals surface area contributed by atoms with Crippen LogP contribution in [-0.2, 0) is 15.8 Å². The van der Waals surface area contributed by atoms with E-state index in [1.807, 2.05) is 60.7 Å². The van der Waals surface area contributed by atoms with Gasteiger partial charge < -0.3 is 4.43 Å². The molecule has 0 spiro atoms. The Bertz CT molecular complexity index is 1680. The second kappa shape index (κ2) is 9.69. The molecule has 0 aliphatic carbocycles. The summed E-state index contributed by atoms with van der Waals surface area (Å²) in [5, 5.41) is 6.76. The highest BCUT2D eigenvalue weighted by atomic mass is 32.1. The predicted octanol–water partition coefficient (Wildman–Crippen LogP) is 3.35. The van der Waals surface area contributed by atoms with Crippen molar-refractivity contribution < 1.29 is 9.22 Å². The number of nitrogens with one attached hydrogen (secondary N) is 1. The molecule has 0 aliphatic rings. The number of carbonyl (C=O) groups is 1. The van der Waals surface area contributed by atoms with Gasteiger partial charge in [0, 0.05) is 18.0 Å². The zero-order chi connectivity index (χ0) is 27.1. The standard InChI is InChI=1S/C28H28N4O4SSi/c1-19-23-24(37-26(19)32-17-11-16-29-32)30-27(35)31(25(23)34)18-22(33)36-38(28(2,3)4,20-12-7-5-8-13-20)21-14-9-6-10-15-21/h5-17H,18H2,1-4H3,(H,30,35). The van der Waals surface area contributed by atoms with Crippen molar-refractivity contribution in [2.24, 2.45) is 0 Å². The van der Waals surface area contributed by atoms with E-state index in [9.17, 15) is 14.4 Å². The van der Waals surface area contributed by atoms with E-state index >= 15 is 0 Å². The van der Waals surface area contributed by atoms with Crippen molar-refractivity contribution in [1.82, 2.24) is 19.3 Å². The zero-order valence-electron chi connectivity index (χ0n) is 21.6. The molecule has 0 unspecified atom stereocenters. The van der Waals surface area contributed by atoms with Crippen LogP contribution < -0.4 is 21.6 Å². The Hall–Kier alpha value is -4.02. The first-order chi connectivity index (χ1) is 18.1. The predicted molar refractivity (Wildman–Crippen MR) is 152 cm³/mol. The van der Waals surface area contributed by atoms with Gasteiger partial charge in [-0.2, -0.15) is 5.10 Å². The van der Waals surface area contributed by atoms with Crippen LogP contribution in [0.4, 0.5) is 0 Å². The van der Waals surface area contributed by atoms with Crippen LogP contribution in [0.25, 0.3) is 15.2 Å². The number of aromatic nitrogens is 4. The molecule has 1 N–H and O–H groups in total. The number of hydrogen-bond donors (Lipinski definition) is 1. The van der Waals surface area contributed by atoms with Crippen LogP contribution in [-0.4, -0.2) is 33.6 Å². The van der Waals surface area contributed by atoms with Gasteiger partial charge in [-0.05, 0) is 28.4 Å². The number of aryl methyl sites for hydroxylation is 1. The summed E-state index contributed by atoms with van der Waals surface area (Å²) in [6, 6.07) is 21.3. The van der Waals surface area contributed by atoms with Crippen LogP contribution in [0.1, 0.15) is 26.3 Å². The molecule has 0 saturated carbocycles. The first-order valence-electron chi connectivity index (χ1n) is 12.2. The monoisotopic (exact) mass is 544 g/mol. The van der Waals surface area contributed by atoms with E-state index in [0.717, 1.165) is 19.9 Å². The van der Waals surface area contributed by atoms with E-state index < -0.39 is 37.1 Å². The third-order valence-corrected chi connectivity index (χ3v) is 12.9. The number of nitrogens with zero attached hydrogens (tertiary/aromatic N) is 3. The second-order valence-electron chi connectivity index (χ2n) is 10.1. The molecule has 0 saturated heterocycles. The highest BCUT2D eigenvalue weighted by molar-refractivity contribution is 7.21. The summed E-state index contributed by atoms with van der Waals surface area (Å²) < 4.78 is 9.05. The normalized spacial score (nSPS) is 12.1. The van der Waals surface area contributed by atoms with Gasteiger partial charge in [0.2, 0.25) is 0 Å². The largest absolute Gasteiger partial charge is 0.508 e. The number of aromatic amines is 1. The lowest BCUT2D eigenvalue weighted by molar-refractivity contribution is -0.136. The summed E-state index contributed by atoms with van der Waals surface area (Å²) >= 11 is 1.27. The molecular formula is C28H28N4O4SSi. The quantitative estimate of drug-likeness (QED) is 0.331. The Morgan fingerprint density at radius 1 is 1.00 bits per heavy atom. The first-order valence-corrected chi connectivity index (χ1v) is 14.9. The van der Waals surface area contributed by atoms with Crippen molar-refractivity contribution in [2.75, 3.05) is 0 Å². The maximum atomic E-state index is 13.6. The van der Waals surface area contributed by atoms with E-state index in [1.54, 1.807) is 30.1 Å². The van der Waals surface area contributed by atoms with Gasteiger partial charge in [0.15, 0.2) is 0 Å². The Morgan fingerprint density at radius 2 is 1.61 bits per heavy atom. The minimum absolute atomic E-state index is 0.360. The number of hydrogen-bond acceptors (Lipinski definition) is 6. The second-order valence-corrected chi connectivity index (χ2v) is 15.4. The van der Waals surface area contributed by atoms with Crippen molar-refractivity contribution in [1.29, 1.82) is 0 Å². The number of fused-ring (bicyclic) bond motifs is 1. The average Bonchev–Trinajstić information content (AvgIpc) is 3.53. The van der Waals surface area contributed by atoms with Gasteiger partial charge in [-0.3, -0.25) is 14.6 Å². The van der Waals surface area contributed by atoms with Gasteiger partial charge in [-0.1, -0.05) is 92.8 Å². The summed E-state index contributed by atoms with van der Waals surface area (Å²) in [7, 11) is -3.18. The molecule has 5 rings (SSSR count). The van der Waals surface area contributed by atoms with Crippen LogP contribution in [0.15, 0.2) is 88.7 Å². The minimum Gasteiger partial charge on any atom is -0.508 e. The van der Waals surface area contributed by atoms with Crippen molar-refractivity contribution in [3.63, 3.8) is 0 Å². The van der Waals surface area contributed by atoms with Crippen LogP contribution in [0.3, 0.4) is 0 Å². The SMILES string of the molecule is Cc1c(-n2cccn2)sc2[nH]c(=O)n(CC(=O)O[Si](c3ccccc3)(c3ccccc3)C(C)(C)C)c(=O)c12. The molecular weight excluding hydrogens is 516 g/mol. The number of benzene rings is 2. The molecule has 10 heteroatoms. The summed E-state index contributed by atoms with van der Waals surface area (Å²) in [5.41, 5.74) is -0.505. The van der Waals surface area contributed by atoms with Crippen LogP contribution in [0.5, 0.6) is 0 Å². The van der Waals surface area contributed by atoms with E-state index in [-0.39, 0.29) is 0 Å². The molecule has 2 aromatic carbocycles. The lowest BCUT2D eigenvalue weighted by atomic mass is 10.2. The maximum absolute atomic E-state index is 13.6. The fourth-order valence-corrected chi connectivity index (χ4v) is 10.4. The summed E-state index contributed by atoms with van der Waals surface area (Å²) in [6.45, 7) is 7.48. The average molecular weight is 545 g/mol. The minimum atomic E-state index is -3.18. The number of H-pyrrole nitrogens is 1. The van der Waals surface area contributed by atoms with Crippen molar-refractivity contribution >= 4 is 46.2 Å². The van der Waals surface area contributed by atoms with Crippen LogP contribution in [0, 0.1) is 6.92 Å². The number of carbonyl (C=O) groups excluding carboxylic acids is 1. The molecule has 0 atom stereocenters. The lowest BCUT2D eigenvalue weighted by Gasteiger charge is -2.42. The highest BCUT2D eigenvalue weighted by Gasteiger charge is 2.53. The Morgan fingerprint density at radius 3 is 2.13 bits per heavy atom. The number of rotatable bonds is 6. The molecule has 0 fully saturated rings. The molecule has 3 aromatic heterocycles. The van der Waals surface area contributed by atoms with E-state index in [0.29, 0.717) is 15.8 Å². The molecule has 194 valence electrons. The first kappa shape index (κ1) is 25.6. The molecule has 8 nitrogen and oxygen atoms in total. The highest BCUT2D eigenvalue weighted by Crippen LogP contribution is 2.37. The topological polar surface area (TPSA) is 99.0 Å². The van der Waals surface area contributed by atoms with Crippen molar-refractivity contribution in [3.8, 4) is 5.00 Å². The molecule has 0 aliphatic heterocycles. The molecule has 0 amide bonds. The fraction of sp³-hybridized carbons (Fsp3) is 0.214. The summed E-state index contributed by atoms with van der Waals surface area (Å²) in [6.07, 6.45) is 3.42. The number of thiophene rings is 1. The van der Waals surface area contributed by atoms with E-state index in [2.05, 4.69) is 30.9 Å². The molecule has 0 radical (unpaired) electrons. The Labute approximate surface area is 224 Å².